The second kappa shape index (κ2) is 8.30. The summed E-state index contributed by atoms with van der Waals surface area (Å²) >= 11 is 3.52. The van der Waals surface area contributed by atoms with E-state index in [0.717, 1.165) is 22.9 Å². The molecule has 2 nitrogen and oxygen atoms in total. The van der Waals surface area contributed by atoms with Gasteiger partial charge < -0.3 is 10.2 Å². The third-order valence-corrected chi connectivity index (χ3v) is 5.06. The molecule has 0 heterocycles. The predicted molar refractivity (Wildman–Crippen MR) is 94.6 cm³/mol. The smallest absolute Gasteiger partial charge is 0.0332 e. The Morgan fingerprint density at radius 2 is 2.00 bits per heavy atom. The molecule has 0 aliphatic heterocycles. The van der Waals surface area contributed by atoms with Gasteiger partial charge in [-0.2, -0.15) is 0 Å². The molecule has 1 aromatic carbocycles. The fourth-order valence-electron chi connectivity index (χ4n) is 2.89. The van der Waals surface area contributed by atoms with Gasteiger partial charge in [0.1, 0.15) is 0 Å². The molecule has 21 heavy (non-hydrogen) atoms. The van der Waals surface area contributed by atoms with Gasteiger partial charge in [-0.05, 0) is 68.9 Å². The molecule has 3 unspecified atom stereocenters. The lowest BCUT2D eigenvalue weighted by Gasteiger charge is -2.23. The first kappa shape index (κ1) is 17.0. The first-order valence-corrected chi connectivity index (χ1v) is 9.06. The first-order valence-electron chi connectivity index (χ1n) is 8.27. The molecule has 1 saturated carbocycles. The second-order valence-electron chi connectivity index (χ2n) is 6.58. The van der Waals surface area contributed by atoms with Gasteiger partial charge in [0, 0.05) is 17.1 Å². The number of rotatable bonds is 9. The lowest BCUT2D eigenvalue weighted by molar-refractivity contribution is 0.292. The Kier molecular flexibility index (Phi) is 6.72. The highest BCUT2D eigenvalue weighted by Crippen LogP contribution is 2.38. The van der Waals surface area contributed by atoms with Crippen molar-refractivity contribution in [2.75, 3.05) is 26.7 Å². The van der Waals surface area contributed by atoms with E-state index in [2.05, 4.69) is 71.3 Å². The van der Waals surface area contributed by atoms with Crippen LogP contribution in [0.5, 0.6) is 0 Å². The van der Waals surface area contributed by atoms with Crippen molar-refractivity contribution in [1.29, 1.82) is 0 Å². The third-order valence-electron chi connectivity index (χ3n) is 4.53. The van der Waals surface area contributed by atoms with Gasteiger partial charge in [0.25, 0.3) is 0 Å². The fourth-order valence-corrected chi connectivity index (χ4v) is 3.16. The summed E-state index contributed by atoms with van der Waals surface area (Å²) < 4.78 is 1.15. The molecule has 0 aromatic heterocycles. The van der Waals surface area contributed by atoms with Gasteiger partial charge in [-0.15, -0.1) is 0 Å². The normalized spacial score (nSPS) is 22.5. The SMILES string of the molecule is CCCNC(CCN(C)CC1CC1C)c1ccc(Br)cc1. The topological polar surface area (TPSA) is 15.3 Å². The summed E-state index contributed by atoms with van der Waals surface area (Å²) in [5, 5.41) is 3.70. The quantitative estimate of drug-likeness (QED) is 0.705. The Morgan fingerprint density at radius 3 is 2.57 bits per heavy atom. The summed E-state index contributed by atoms with van der Waals surface area (Å²) in [6.45, 7) is 8.12. The Labute approximate surface area is 138 Å². The zero-order valence-electron chi connectivity index (χ0n) is 13.6. The van der Waals surface area contributed by atoms with Gasteiger partial charge in [0.15, 0.2) is 0 Å². The fraction of sp³-hybridized carbons (Fsp3) is 0.667. The molecule has 1 aromatic rings. The predicted octanol–water partition coefficient (Wildman–Crippen LogP) is 4.47. The Bertz CT molecular complexity index is 418. The highest BCUT2D eigenvalue weighted by molar-refractivity contribution is 9.10. The van der Waals surface area contributed by atoms with Crippen molar-refractivity contribution >= 4 is 15.9 Å². The van der Waals surface area contributed by atoms with Crippen LogP contribution in [0.25, 0.3) is 0 Å². The van der Waals surface area contributed by atoms with E-state index >= 15 is 0 Å². The zero-order valence-corrected chi connectivity index (χ0v) is 15.2. The molecule has 0 bridgehead atoms. The number of halogens is 1. The Hall–Kier alpha value is -0.380. The standard InChI is InChI=1S/C18H29BrN2/c1-4-10-20-18(15-5-7-17(19)8-6-15)9-11-21(3)13-16-12-14(16)2/h5-8,14,16,18,20H,4,9-13H2,1-3H3. The van der Waals surface area contributed by atoms with Crippen molar-refractivity contribution in [3.8, 4) is 0 Å². The van der Waals surface area contributed by atoms with E-state index < -0.39 is 0 Å². The molecule has 3 heteroatoms. The van der Waals surface area contributed by atoms with Crippen molar-refractivity contribution in [1.82, 2.24) is 10.2 Å². The van der Waals surface area contributed by atoms with Gasteiger partial charge in [0.05, 0.1) is 0 Å². The van der Waals surface area contributed by atoms with Crippen LogP contribution in [-0.4, -0.2) is 31.6 Å². The molecule has 0 saturated heterocycles. The number of nitrogens with one attached hydrogen (secondary N) is 1. The average Bonchev–Trinajstić information content (AvgIpc) is 3.15. The summed E-state index contributed by atoms with van der Waals surface area (Å²) in [7, 11) is 2.27. The maximum absolute atomic E-state index is 3.70. The van der Waals surface area contributed by atoms with Crippen LogP contribution in [0, 0.1) is 11.8 Å². The molecule has 1 aliphatic carbocycles. The Morgan fingerprint density at radius 1 is 1.33 bits per heavy atom. The van der Waals surface area contributed by atoms with Crippen molar-refractivity contribution in [3.05, 3.63) is 34.3 Å². The molecule has 3 atom stereocenters. The maximum Gasteiger partial charge on any atom is 0.0332 e. The van der Waals surface area contributed by atoms with Crippen molar-refractivity contribution in [3.63, 3.8) is 0 Å². The molecule has 0 radical (unpaired) electrons. The van der Waals surface area contributed by atoms with Crippen LogP contribution in [0.15, 0.2) is 28.7 Å². The van der Waals surface area contributed by atoms with Crippen molar-refractivity contribution < 1.29 is 0 Å². The van der Waals surface area contributed by atoms with E-state index in [1.165, 1.54) is 37.9 Å². The highest BCUT2D eigenvalue weighted by Gasteiger charge is 2.33. The van der Waals surface area contributed by atoms with Gasteiger partial charge in [-0.3, -0.25) is 0 Å². The van der Waals surface area contributed by atoms with E-state index in [0.29, 0.717) is 6.04 Å². The third kappa shape index (κ3) is 5.72. The molecular weight excluding hydrogens is 324 g/mol. The number of hydrogen-bond acceptors (Lipinski definition) is 2. The van der Waals surface area contributed by atoms with Crippen LogP contribution >= 0.6 is 15.9 Å². The van der Waals surface area contributed by atoms with Gasteiger partial charge in [-0.25, -0.2) is 0 Å². The molecule has 118 valence electrons. The summed E-state index contributed by atoms with van der Waals surface area (Å²) in [6, 6.07) is 9.23. The summed E-state index contributed by atoms with van der Waals surface area (Å²) in [5.74, 6) is 1.90. The van der Waals surface area contributed by atoms with Crippen molar-refractivity contribution in [2.45, 2.75) is 39.2 Å². The largest absolute Gasteiger partial charge is 0.310 e. The Balaban J connectivity index is 1.85. The summed E-state index contributed by atoms with van der Waals surface area (Å²) in [5.41, 5.74) is 1.40. The second-order valence-corrected chi connectivity index (χ2v) is 7.50. The first-order chi connectivity index (χ1) is 10.1. The maximum atomic E-state index is 3.70. The van der Waals surface area contributed by atoms with Gasteiger partial charge in [0.2, 0.25) is 0 Å². The summed E-state index contributed by atoms with van der Waals surface area (Å²) in [6.07, 6.45) is 3.79. The minimum Gasteiger partial charge on any atom is -0.310 e. The van der Waals surface area contributed by atoms with Gasteiger partial charge in [-0.1, -0.05) is 41.9 Å². The monoisotopic (exact) mass is 352 g/mol. The number of benzene rings is 1. The van der Waals surface area contributed by atoms with Crippen LogP contribution in [0.2, 0.25) is 0 Å². The number of hydrogen-bond donors (Lipinski definition) is 1. The van der Waals surface area contributed by atoms with Crippen LogP contribution in [0.1, 0.15) is 44.7 Å². The van der Waals surface area contributed by atoms with E-state index in [4.69, 9.17) is 0 Å². The molecule has 1 fully saturated rings. The molecule has 0 spiro atoms. The molecule has 1 aliphatic rings. The summed E-state index contributed by atoms with van der Waals surface area (Å²) in [4.78, 5) is 2.51. The molecular formula is C18H29BrN2. The van der Waals surface area contributed by atoms with E-state index in [9.17, 15) is 0 Å². The van der Waals surface area contributed by atoms with E-state index in [1.807, 2.05) is 0 Å². The minimum absolute atomic E-state index is 0.470. The van der Waals surface area contributed by atoms with Crippen LogP contribution in [0.4, 0.5) is 0 Å². The lowest BCUT2D eigenvalue weighted by atomic mass is 10.0. The van der Waals surface area contributed by atoms with Crippen molar-refractivity contribution in [2.24, 2.45) is 11.8 Å². The minimum atomic E-state index is 0.470. The lowest BCUT2D eigenvalue weighted by Crippen LogP contribution is -2.29. The zero-order chi connectivity index (χ0) is 15.2. The average molecular weight is 353 g/mol. The van der Waals surface area contributed by atoms with Crippen LogP contribution < -0.4 is 5.32 Å². The van der Waals surface area contributed by atoms with Gasteiger partial charge >= 0.3 is 0 Å². The van der Waals surface area contributed by atoms with Crippen LogP contribution in [0.3, 0.4) is 0 Å². The highest BCUT2D eigenvalue weighted by atomic mass is 79.9. The molecule has 0 amide bonds. The van der Waals surface area contributed by atoms with Crippen LogP contribution in [-0.2, 0) is 0 Å². The molecule has 2 rings (SSSR count). The number of nitrogens with zero attached hydrogens (tertiary/aromatic N) is 1. The van der Waals surface area contributed by atoms with E-state index in [-0.39, 0.29) is 0 Å². The van der Waals surface area contributed by atoms with E-state index in [1.54, 1.807) is 0 Å². The molecule has 1 N–H and O–H groups in total.